The van der Waals surface area contributed by atoms with Crippen LogP contribution < -0.4 is 5.32 Å². The lowest BCUT2D eigenvalue weighted by Crippen LogP contribution is -2.39. The van der Waals surface area contributed by atoms with Gasteiger partial charge in [0.25, 0.3) is 0 Å². The topological polar surface area (TPSA) is 36.8 Å². The lowest BCUT2D eigenvalue weighted by Gasteiger charge is -2.31. The Morgan fingerprint density at radius 1 is 1.15 bits per heavy atom. The molecule has 0 aromatic heterocycles. The summed E-state index contributed by atoms with van der Waals surface area (Å²) in [6, 6.07) is 0.159. The van der Waals surface area contributed by atoms with Gasteiger partial charge < -0.3 is 5.32 Å². The van der Waals surface area contributed by atoms with E-state index in [2.05, 4.69) is 82.7 Å². The zero-order chi connectivity index (χ0) is 25.5. The predicted molar refractivity (Wildman–Crippen MR) is 152 cm³/mol. The smallest absolute Gasteiger partial charge is 0.0721 e. The summed E-state index contributed by atoms with van der Waals surface area (Å²) in [5, 5.41) is 3.84. The highest BCUT2D eigenvalue weighted by Gasteiger charge is 2.25. The summed E-state index contributed by atoms with van der Waals surface area (Å²) in [6.07, 6.45) is 23.7. The van der Waals surface area contributed by atoms with Crippen molar-refractivity contribution in [2.75, 3.05) is 0 Å². The Morgan fingerprint density at radius 3 is 2.44 bits per heavy atom. The second kappa shape index (κ2) is 15.7. The van der Waals surface area contributed by atoms with E-state index in [1.54, 1.807) is 12.3 Å². The van der Waals surface area contributed by atoms with Gasteiger partial charge in [0.15, 0.2) is 0 Å². The number of terminal acetylenes is 1. The van der Waals surface area contributed by atoms with E-state index in [0.29, 0.717) is 12.3 Å². The summed E-state index contributed by atoms with van der Waals surface area (Å²) < 4.78 is 0. The molecule has 1 aliphatic rings. The summed E-state index contributed by atoms with van der Waals surface area (Å²) in [4.78, 5) is 9.52. The Labute approximate surface area is 208 Å². The average Bonchev–Trinajstić information content (AvgIpc) is 3.06. The van der Waals surface area contributed by atoms with Crippen molar-refractivity contribution in [1.29, 1.82) is 0 Å². The first kappa shape index (κ1) is 28.9. The molecule has 0 radical (unpaired) electrons. The molecule has 0 aromatic carbocycles. The maximum absolute atomic E-state index is 5.73. The molecule has 0 saturated carbocycles. The quantitative estimate of drug-likeness (QED) is 0.162. The third kappa shape index (κ3) is 8.67. The van der Waals surface area contributed by atoms with E-state index in [1.165, 1.54) is 5.71 Å². The van der Waals surface area contributed by atoms with Gasteiger partial charge >= 0.3 is 0 Å². The second-order valence-corrected chi connectivity index (χ2v) is 8.41. The SMILES string of the molecule is C#CC1=CC=C(NC(CC)C(CC)/C(CC)=N/C(=C)CC)C(C(=C)C(C)/N=C\C=C/C=C)=CC1. The van der Waals surface area contributed by atoms with Gasteiger partial charge in [0.05, 0.1) is 6.04 Å². The highest BCUT2D eigenvalue weighted by Crippen LogP contribution is 2.28. The molecule has 1 aliphatic carbocycles. The number of aliphatic imine (C=N–C) groups is 2. The van der Waals surface area contributed by atoms with Crippen molar-refractivity contribution in [2.45, 2.75) is 78.8 Å². The molecule has 3 atom stereocenters. The molecule has 0 aromatic rings. The third-order valence-corrected chi connectivity index (χ3v) is 6.15. The number of hydrogen-bond donors (Lipinski definition) is 1. The molecule has 3 nitrogen and oxygen atoms in total. The number of rotatable bonds is 14. The minimum atomic E-state index is -0.0685. The maximum atomic E-state index is 5.73. The first-order valence-corrected chi connectivity index (χ1v) is 12.5. The minimum Gasteiger partial charge on any atom is -0.381 e. The van der Waals surface area contributed by atoms with Gasteiger partial charge in [-0.2, -0.15) is 0 Å². The normalized spacial score (nSPS) is 17.2. The van der Waals surface area contributed by atoms with Crippen molar-refractivity contribution in [3.05, 3.63) is 84.3 Å². The lowest BCUT2D eigenvalue weighted by molar-refractivity contribution is 0.436. The van der Waals surface area contributed by atoms with Crippen LogP contribution >= 0.6 is 0 Å². The van der Waals surface area contributed by atoms with E-state index >= 15 is 0 Å². The number of nitrogens with zero attached hydrogens (tertiary/aromatic N) is 2. The summed E-state index contributed by atoms with van der Waals surface area (Å²) in [6.45, 7) is 23.0. The molecule has 0 aliphatic heterocycles. The van der Waals surface area contributed by atoms with Crippen LogP contribution in [0, 0.1) is 18.3 Å². The van der Waals surface area contributed by atoms with E-state index in [0.717, 1.165) is 53.8 Å². The molecule has 1 rings (SSSR count). The molecule has 1 N–H and O–H groups in total. The van der Waals surface area contributed by atoms with Crippen molar-refractivity contribution in [3.8, 4) is 12.3 Å². The van der Waals surface area contributed by atoms with Gasteiger partial charge in [-0.3, -0.25) is 9.98 Å². The number of hydrogen-bond acceptors (Lipinski definition) is 3. The van der Waals surface area contributed by atoms with E-state index in [4.69, 9.17) is 11.4 Å². The molecule has 0 fully saturated rings. The van der Waals surface area contributed by atoms with Gasteiger partial charge in [0, 0.05) is 40.9 Å². The van der Waals surface area contributed by atoms with E-state index in [-0.39, 0.29) is 12.1 Å². The highest BCUT2D eigenvalue weighted by molar-refractivity contribution is 5.88. The molecule has 0 amide bonds. The first-order chi connectivity index (χ1) is 16.4. The van der Waals surface area contributed by atoms with Gasteiger partial charge in [0.2, 0.25) is 0 Å². The van der Waals surface area contributed by atoms with E-state index in [1.807, 2.05) is 18.2 Å². The predicted octanol–water partition coefficient (Wildman–Crippen LogP) is 7.69. The average molecular weight is 458 g/mol. The molecule has 0 bridgehead atoms. The summed E-state index contributed by atoms with van der Waals surface area (Å²) in [5.41, 5.74) is 6.16. The second-order valence-electron chi connectivity index (χ2n) is 8.41. The highest BCUT2D eigenvalue weighted by atomic mass is 14.9. The van der Waals surface area contributed by atoms with Crippen LogP contribution in [-0.4, -0.2) is 24.0 Å². The van der Waals surface area contributed by atoms with Gasteiger partial charge in [-0.15, -0.1) is 6.42 Å². The van der Waals surface area contributed by atoms with Crippen molar-refractivity contribution in [3.63, 3.8) is 0 Å². The Hall–Kier alpha value is -3.12. The third-order valence-electron chi connectivity index (χ3n) is 6.15. The van der Waals surface area contributed by atoms with E-state index in [9.17, 15) is 0 Å². The Kier molecular flexibility index (Phi) is 13.3. The first-order valence-electron chi connectivity index (χ1n) is 12.5. The number of nitrogens with one attached hydrogen (secondary N) is 1. The van der Waals surface area contributed by atoms with Crippen molar-refractivity contribution >= 4 is 11.9 Å². The summed E-state index contributed by atoms with van der Waals surface area (Å²) in [5.74, 6) is 3.11. The van der Waals surface area contributed by atoms with Crippen LogP contribution in [0.15, 0.2) is 94.3 Å². The van der Waals surface area contributed by atoms with Crippen LogP contribution in [0.5, 0.6) is 0 Å². The Morgan fingerprint density at radius 2 is 1.88 bits per heavy atom. The zero-order valence-corrected chi connectivity index (χ0v) is 21.9. The summed E-state index contributed by atoms with van der Waals surface area (Å²) in [7, 11) is 0. The molecule has 3 heteroatoms. The monoisotopic (exact) mass is 457 g/mol. The molecule has 182 valence electrons. The molecule has 0 saturated heterocycles. The van der Waals surface area contributed by atoms with Gasteiger partial charge in [-0.25, -0.2) is 0 Å². The van der Waals surface area contributed by atoms with Crippen LogP contribution in [0.2, 0.25) is 0 Å². The van der Waals surface area contributed by atoms with Crippen LogP contribution in [0.4, 0.5) is 0 Å². The Bertz CT molecular complexity index is 944. The fourth-order valence-corrected chi connectivity index (χ4v) is 3.97. The van der Waals surface area contributed by atoms with Gasteiger partial charge in [-0.1, -0.05) is 71.6 Å². The molecular formula is C31H43N3. The van der Waals surface area contributed by atoms with Crippen molar-refractivity contribution in [1.82, 2.24) is 5.32 Å². The lowest BCUT2D eigenvalue weighted by atomic mass is 9.87. The standard InChI is InChI=1S/C31H43N3/c1-10-16-17-22-32-25(9)24(8)28-20-18-26(12-3)19-21-31(28)34-30(15-6)27(13-4)29(14-5)33-23(7)11-2/h3,10,16-17,19-22,25,27,30,34H,1,7-8,11,13-15,18H2,2,4-6,9H3/b17-16-,32-22-,33-29+. The van der Waals surface area contributed by atoms with Crippen molar-refractivity contribution in [2.24, 2.45) is 15.9 Å². The summed E-state index contributed by atoms with van der Waals surface area (Å²) >= 11 is 0. The van der Waals surface area contributed by atoms with Gasteiger partial charge in [-0.05, 0) is 68.4 Å². The maximum Gasteiger partial charge on any atom is 0.0721 e. The van der Waals surface area contributed by atoms with Crippen LogP contribution in [0.3, 0.4) is 0 Å². The van der Waals surface area contributed by atoms with Crippen LogP contribution in [-0.2, 0) is 0 Å². The van der Waals surface area contributed by atoms with Crippen molar-refractivity contribution < 1.29 is 0 Å². The minimum absolute atomic E-state index is 0.0685. The van der Waals surface area contributed by atoms with Crippen LogP contribution in [0.25, 0.3) is 0 Å². The molecule has 3 unspecified atom stereocenters. The molecular weight excluding hydrogens is 414 g/mol. The zero-order valence-electron chi connectivity index (χ0n) is 21.9. The number of allylic oxidation sites excluding steroid dienone is 9. The van der Waals surface area contributed by atoms with Gasteiger partial charge in [0.1, 0.15) is 0 Å². The largest absolute Gasteiger partial charge is 0.381 e. The Balaban J connectivity index is 3.32. The molecule has 0 heterocycles. The fraction of sp³-hybridized carbons (Fsp3) is 0.419. The molecule has 34 heavy (non-hydrogen) atoms. The molecule has 0 spiro atoms. The fourth-order valence-electron chi connectivity index (χ4n) is 3.97. The van der Waals surface area contributed by atoms with Crippen LogP contribution in [0.1, 0.15) is 66.7 Å². The van der Waals surface area contributed by atoms with E-state index < -0.39 is 0 Å².